The van der Waals surface area contributed by atoms with Crippen molar-refractivity contribution < 1.29 is 14.6 Å². The maximum atomic E-state index is 11.8. The van der Waals surface area contributed by atoms with Crippen LogP contribution < -0.4 is 4.74 Å². The van der Waals surface area contributed by atoms with Gasteiger partial charge in [-0.15, -0.1) is 0 Å². The number of pyridine rings is 1. The number of hydrogen-bond donors (Lipinski definition) is 1. The van der Waals surface area contributed by atoms with E-state index in [0.717, 1.165) is 34.3 Å². The van der Waals surface area contributed by atoms with Gasteiger partial charge in [0, 0.05) is 29.0 Å². The molecule has 6 heteroatoms. The van der Waals surface area contributed by atoms with Crippen LogP contribution in [-0.2, 0) is 4.79 Å². The summed E-state index contributed by atoms with van der Waals surface area (Å²) in [6.07, 6.45) is 5.05. The minimum atomic E-state index is -0.778. The van der Waals surface area contributed by atoms with Crippen LogP contribution in [0.1, 0.15) is 36.9 Å². The number of carboxylic acid groups (broad SMARTS) is 1. The van der Waals surface area contributed by atoms with Crippen molar-refractivity contribution >= 4 is 21.9 Å². The monoisotopic (exact) mass is 404 g/mol. The number of aromatic nitrogens is 1. The van der Waals surface area contributed by atoms with Crippen molar-refractivity contribution in [1.82, 2.24) is 9.88 Å². The Morgan fingerprint density at radius 1 is 1.48 bits per heavy atom. The second-order valence-corrected chi connectivity index (χ2v) is 6.95. The number of nitrogens with zero attached hydrogens (tertiary/aromatic N) is 2. The molecule has 1 fully saturated rings. The summed E-state index contributed by atoms with van der Waals surface area (Å²) in [6.45, 7) is 3.23. The van der Waals surface area contributed by atoms with Crippen LogP contribution in [0.4, 0.5) is 0 Å². The zero-order valence-corrected chi connectivity index (χ0v) is 15.6. The van der Waals surface area contributed by atoms with Gasteiger partial charge >= 0.3 is 5.97 Å². The number of ether oxygens (including phenoxy) is 1. The second kappa shape index (κ2) is 7.97. The molecule has 1 aliphatic rings. The quantitative estimate of drug-likeness (QED) is 0.791. The van der Waals surface area contributed by atoms with Crippen LogP contribution in [0.5, 0.6) is 5.75 Å². The highest BCUT2D eigenvalue weighted by Gasteiger charge is 2.38. The fraction of sp³-hybridized carbons (Fsp3) is 0.368. The minimum Gasteiger partial charge on any atom is -0.494 e. The number of hydrogen-bond acceptors (Lipinski definition) is 4. The van der Waals surface area contributed by atoms with Gasteiger partial charge < -0.3 is 9.84 Å². The fourth-order valence-electron chi connectivity index (χ4n) is 3.47. The molecule has 2 heterocycles. The molecule has 1 saturated heterocycles. The van der Waals surface area contributed by atoms with Crippen LogP contribution in [0.2, 0.25) is 0 Å². The van der Waals surface area contributed by atoms with Gasteiger partial charge in [0.2, 0.25) is 0 Å². The molecule has 0 saturated carbocycles. The molecule has 132 valence electrons. The van der Waals surface area contributed by atoms with Crippen LogP contribution in [0, 0.1) is 0 Å². The van der Waals surface area contributed by atoms with E-state index < -0.39 is 12.0 Å². The lowest BCUT2D eigenvalue weighted by Gasteiger charge is -2.32. The predicted octanol–water partition coefficient (Wildman–Crippen LogP) is 3.88. The zero-order valence-electron chi connectivity index (χ0n) is 14.1. The van der Waals surface area contributed by atoms with E-state index in [4.69, 9.17) is 4.74 Å². The summed E-state index contributed by atoms with van der Waals surface area (Å²) in [5.74, 6) is -0.00469. The Kier molecular flexibility index (Phi) is 5.71. The van der Waals surface area contributed by atoms with Crippen LogP contribution >= 0.6 is 15.9 Å². The second-order valence-electron chi connectivity index (χ2n) is 6.04. The van der Waals surface area contributed by atoms with Crippen molar-refractivity contribution in [2.24, 2.45) is 0 Å². The standard InChI is InChI=1S/C19H21BrN2O3/c1-2-25-17-8-7-14(20)11-15(17)18(13-5-3-9-21-12-13)22-10-4-6-16(22)19(23)24/h3,5,7-9,11-12,16,18H,2,4,6,10H2,1H3,(H,23,24). The van der Waals surface area contributed by atoms with E-state index in [1.807, 2.05) is 42.2 Å². The summed E-state index contributed by atoms with van der Waals surface area (Å²) >= 11 is 3.53. The van der Waals surface area contributed by atoms with E-state index in [0.29, 0.717) is 13.0 Å². The first-order valence-electron chi connectivity index (χ1n) is 8.42. The Morgan fingerprint density at radius 3 is 3.00 bits per heavy atom. The molecular weight excluding hydrogens is 384 g/mol. The average molecular weight is 405 g/mol. The average Bonchev–Trinajstić information content (AvgIpc) is 3.08. The van der Waals surface area contributed by atoms with E-state index in [2.05, 4.69) is 20.9 Å². The number of rotatable bonds is 6. The molecule has 5 nitrogen and oxygen atoms in total. The molecule has 2 unspecified atom stereocenters. The smallest absolute Gasteiger partial charge is 0.320 e. The number of likely N-dealkylation sites (tertiary alicyclic amines) is 1. The highest BCUT2D eigenvalue weighted by molar-refractivity contribution is 9.10. The Labute approximate surface area is 155 Å². The molecule has 2 atom stereocenters. The van der Waals surface area contributed by atoms with E-state index in [1.165, 1.54) is 0 Å². The zero-order chi connectivity index (χ0) is 17.8. The first-order valence-corrected chi connectivity index (χ1v) is 9.21. The van der Waals surface area contributed by atoms with Crippen molar-refractivity contribution in [3.05, 3.63) is 58.3 Å². The molecule has 0 amide bonds. The van der Waals surface area contributed by atoms with Crippen LogP contribution in [0.15, 0.2) is 47.2 Å². The Morgan fingerprint density at radius 2 is 2.32 bits per heavy atom. The van der Waals surface area contributed by atoms with Gasteiger partial charge in [-0.25, -0.2) is 0 Å². The molecule has 0 aliphatic carbocycles. The predicted molar refractivity (Wildman–Crippen MR) is 98.8 cm³/mol. The third-order valence-electron chi connectivity index (χ3n) is 4.48. The minimum absolute atomic E-state index is 0.212. The van der Waals surface area contributed by atoms with E-state index in [1.54, 1.807) is 12.4 Å². The van der Waals surface area contributed by atoms with Crippen molar-refractivity contribution in [1.29, 1.82) is 0 Å². The van der Waals surface area contributed by atoms with Gasteiger partial charge in [0.05, 0.1) is 12.6 Å². The molecular formula is C19H21BrN2O3. The van der Waals surface area contributed by atoms with Gasteiger partial charge in [-0.05, 0) is 49.6 Å². The Hall–Kier alpha value is -1.92. The van der Waals surface area contributed by atoms with Gasteiger partial charge in [0.25, 0.3) is 0 Å². The molecule has 0 spiro atoms. The lowest BCUT2D eigenvalue weighted by atomic mass is 9.96. The summed E-state index contributed by atoms with van der Waals surface area (Å²) in [4.78, 5) is 18.0. The largest absolute Gasteiger partial charge is 0.494 e. The van der Waals surface area contributed by atoms with Gasteiger partial charge in [-0.3, -0.25) is 14.7 Å². The maximum absolute atomic E-state index is 11.8. The molecule has 2 aromatic rings. The Bertz CT molecular complexity index is 739. The van der Waals surface area contributed by atoms with Gasteiger partial charge in [0.15, 0.2) is 0 Å². The normalized spacial score (nSPS) is 18.9. The third-order valence-corrected chi connectivity index (χ3v) is 4.97. The lowest BCUT2D eigenvalue weighted by molar-refractivity contribution is -0.142. The number of aliphatic carboxylic acids is 1. The fourth-order valence-corrected chi connectivity index (χ4v) is 3.85. The van der Waals surface area contributed by atoms with Crippen molar-refractivity contribution in [3.63, 3.8) is 0 Å². The van der Waals surface area contributed by atoms with Crippen LogP contribution in [-0.4, -0.2) is 40.2 Å². The highest BCUT2D eigenvalue weighted by atomic mass is 79.9. The number of carbonyl (C=O) groups is 1. The molecule has 1 aromatic heterocycles. The molecule has 1 N–H and O–H groups in total. The summed E-state index contributed by atoms with van der Waals surface area (Å²) in [5, 5.41) is 9.66. The molecule has 1 aromatic carbocycles. The SMILES string of the molecule is CCOc1ccc(Br)cc1C(c1cccnc1)N1CCCC1C(=O)O. The number of carboxylic acids is 1. The first-order chi connectivity index (χ1) is 12.1. The molecule has 1 aliphatic heterocycles. The summed E-state index contributed by atoms with van der Waals surface area (Å²) in [5.41, 5.74) is 1.92. The summed E-state index contributed by atoms with van der Waals surface area (Å²) in [7, 11) is 0. The van der Waals surface area contributed by atoms with Crippen LogP contribution in [0.3, 0.4) is 0 Å². The topological polar surface area (TPSA) is 62.7 Å². The van der Waals surface area contributed by atoms with Gasteiger partial charge in [-0.2, -0.15) is 0 Å². The van der Waals surface area contributed by atoms with Gasteiger partial charge in [-0.1, -0.05) is 22.0 Å². The first kappa shape index (κ1) is 17.9. The highest BCUT2D eigenvalue weighted by Crippen LogP contribution is 2.40. The third kappa shape index (κ3) is 3.85. The molecule has 25 heavy (non-hydrogen) atoms. The van der Waals surface area contributed by atoms with Crippen molar-refractivity contribution in [3.8, 4) is 5.75 Å². The summed E-state index contributed by atoms with van der Waals surface area (Å²) < 4.78 is 6.77. The van der Waals surface area contributed by atoms with Crippen LogP contribution in [0.25, 0.3) is 0 Å². The molecule has 3 rings (SSSR count). The lowest BCUT2D eigenvalue weighted by Crippen LogP contribution is -2.39. The molecule has 0 bridgehead atoms. The van der Waals surface area contributed by atoms with E-state index in [9.17, 15) is 9.90 Å². The number of halogens is 1. The Balaban J connectivity index is 2.12. The van der Waals surface area contributed by atoms with E-state index in [-0.39, 0.29) is 6.04 Å². The van der Waals surface area contributed by atoms with Crippen molar-refractivity contribution in [2.75, 3.05) is 13.2 Å². The summed E-state index contributed by atoms with van der Waals surface area (Å²) in [6, 6.07) is 9.04. The maximum Gasteiger partial charge on any atom is 0.320 e. The molecule has 0 radical (unpaired) electrons. The number of benzene rings is 1. The van der Waals surface area contributed by atoms with Gasteiger partial charge in [0.1, 0.15) is 11.8 Å². The van der Waals surface area contributed by atoms with E-state index >= 15 is 0 Å². The van der Waals surface area contributed by atoms with Crippen molar-refractivity contribution in [2.45, 2.75) is 31.8 Å².